The Labute approximate surface area is 170 Å². The third-order valence-corrected chi connectivity index (χ3v) is 5.44. The lowest BCUT2D eigenvalue weighted by atomic mass is 9.92. The minimum Gasteiger partial charge on any atom is -0.248 e. The van der Waals surface area contributed by atoms with E-state index in [1.165, 1.54) is 60.6 Å². The van der Waals surface area contributed by atoms with Crippen LogP contribution in [0.3, 0.4) is 0 Å². The maximum absolute atomic E-state index is 5.07. The second-order valence-electron chi connectivity index (χ2n) is 7.63. The fourth-order valence-corrected chi connectivity index (χ4v) is 3.89. The van der Waals surface area contributed by atoms with E-state index in [1.54, 1.807) is 0 Å². The Balaban J connectivity index is 2.05. The van der Waals surface area contributed by atoms with Gasteiger partial charge in [0.2, 0.25) is 0 Å². The van der Waals surface area contributed by atoms with Crippen molar-refractivity contribution in [2.24, 2.45) is 0 Å². The number of aryl methyl sites for hydroxylation is 1. The normalized spacial score (nSPS) is 11.5. The lowest BCUT2D eigenvalue weighted by Gasteiger charge is -2.16. The third-order valence-electron chi connectivity index (χ3n) is 5.44. The van der Waals surface area contributed by atoms with Gasteiger partial charge in [0.05, 0.1) is 11.2 Å². The highest BCUT2D eigenvalue weighted by Crippen LogP contribution is 2.28. The summed E-state index contributed by atoms with van der Waals surface area (Å²) in [4.78, 5) is 5.07. The summed E-state index contributed by atoms with van der Waals surface area (Å²) in [6.45, 7) is 4.55. The van der Waals surface area contributed by atoms with Gasteiger partial charge in [-0.25, -0.2) is 4.98 Å². The molecule has 0 aliphatic rings. The van der Waals surface area contributed by atoms with E-state index in [1.807, 2.05) is 0 Å². The largest absolute Gasteiger partial charge is 0.248 e. The quantitative estimate of drug-likeness (QED) is 0.330. The average molecular weight is 372 g/mol. The van der Waals surface area contributed by atoms with Gasteiger partial charge in [0.1, 0.15) is 0 Å². The van der Waals surface area contributed by atoms with E-state index < -0.39 is 0 Å². The Morgan fingerprint density at radius 2 is 1.32 bits per heavy atom. The minimum absolute atomic E-state index is 1.13. The standard InChI is InChI=1S/C27H33N/c1-3-5-8-16-23-24-18-12-13-19-26(24)28-27(25(23)17-9-6-4-2)21-20-22-14-10-7-11-15-22/h7,10-15,18-21H,3-6,8-9,16-17H2,1-2H3. The van der Waals surface area contributed by atoms with Gasteiger partial charge in [-0.1, -0.05) is 94.1 Å². The number of rotatable bonds is 10. The minimum atomic E-state index is 1.13. The summed E-state index contributed by atoms with van der Waals surface area (Å²) in [7, 11) is 0. The van der Waals surface area contributed by atoms with Crippen molar-refractivity contribution >= 4 is 23.1 Å². The highest BCUT2D eigenvalue weighted by atomic mass is 14.7. The van der Waals surface area contributed by atoms with Crippen molar-refractivity contribution in [3.63, 3.8) is 0 Å². The maximum Gasteiger partial charge on any atom is 0.0712 e. The van der Waals surface area contributed by atoms with Crippen molar-refractivity contribution in [3.8, 4) is 0 Å². The summed E-state index contributed by atoms with van der Waals surface area (Å²) in [5.41, 5.74) is 6.51. The lowest BCUT2D eigenvalue weighted by Crippen LogP contribution is -2.03. The topological polar surface area (TPSA) is 12.9 Å². The van der Waals surface area contributed by atoms with E-state index in [-0.39, 0.29) is 0 Å². The van der Waals surface area contributed by atoms with Gasteiger partial charge in [0, 0.05) is 5.39 Å². The number of para-hydroxylation sites is 1. The molecule has 0 spiro atoms. The fourth-order valence-electron chi connectivity index (χ4n) is 3.89. The molecule has 0 fully saturated rings. The van der Waals surface area contributed by atoms with Crippen molar-refractivity contribution in [3.05, 3.63) is 77.0 Å². The van der Waals surface area contributed by atoms with E-state index in [9.17, 15) is 0 Å². The molecule has 1 aromatic heterocycles. The number of benzene rings is 2. The molecule has 0 atom stereocenters. The monoisotopic (exact) mass is 371 g/mol. The van der Waals surface area contributed by atoms with Crippen molar-refractivity contribution in [2.75, 3.05) is 0 Å². The van der Waals surface area contributed by atoms with Gasteiger partial charge >= 0.3 is 0 Å². The summed E-state index contributed by atoms with van der Waals surface area (Å²) in [5.74, 6) is 0. The molecule has 0 aliphatic heterocycles. The zero-order valence-corrected chi connectivity index (χ0v) is 17.5. The number of hydrogen-bond acceptors (Lipinski definition) is 1. The number of aromatic nitrogens is 1. The molecule has 28 heavy (non-hydrogen) atoms. The molecule has 146 valence electrons. The molecule has 1 heteroatoms. The van der Waals surface area contributed by atoms with Gasteiger partial charge < -0.3 is 0 Å². The number of nitrogens with zero attached hydrogens (tertiary/aromatic N) is 1. The Hall–Kier alpha value is -2.41. The lowest BCUT2D eigenvalue weighted by molar-refractivity contribution is 0.694. The van der Waals surface area contributed by atoms with E-state index in [2.05, 4.69) is 80.6 Å². The smallest absolute Gasteiger partial charge is 0.0712 e. The van der Waals surface area contributed by atoms with Gasteiger partial charge in [-0.2, -0.15) is 0 Å². The number of hydrogen-bond donors (Lipinski definition) is 0. The van der Waals surface area contributed by atoms with Crippen LogP contribution in [-0.4, -0.2) is 4.98 Å². The molecular weight excluding hydrogens is 338 g/mol. The van der Waals surface area contributed by atoms with E-state index in [0.717, 1.165) is 24.1 Å². The van der Waals surface area contributed by atoms with Crippen LogP contribution in [0.2, 0.25) is 0 Å². The Kier molecular flexibility index (Phi) is 7.84. The van der Waals surface area contributed by atoms with Crippen LogP contribution < -0.4 is 0 Å². The predicted octanol–water partition coefficient (Wildman–Crippen LogP) is 7.87. The van der Waals surface area contributed by atoms with Crippen molar-refractivity contribution in [2.45, 2.75) is 65.2 Å². The third kappa shape index (κ3) is 5.32. The first-order chi connectivity index (χ1) is 13.8. The number of fused-ring (bicyclic) bond motifs is 1. The molecule has 0 unspecified atom stereocenters. The van der Waals surface area contributed by atoms with Crippen LogP contribution in [0.15, 0.2) is 54.6 Å². The van der Waals surface area contributed by atoms with Crippen LogP contribution in [0.5, 0.6) is 0 Å². The van der Waals surface area contributed by atoms with Crippen molar-refractivity contribution < 1.29 is 0 Å². The molecule has 3 rings (SSSR count). The summed E-state index contributed by atoms with van der Waals surface area (Å²) < 4.78 is 0. The van der Waals surface area contributed by atoms with Crippen molar-refractivity contribution in [1.29, 1.82) is 0 Å². The van der Waals surface area contributed by atoms with Gasteiger partial charge in [0.15, 0.2) is 0 Å². The molecule has 2 aromatic carbocycles. The molecular formula is C27H33N. The van der Waals surface area contributed by atoms with Gasteiger partial charge in [0.25, 0.3) is 0 Å². The van der Waals surface area contributed by atoms with Crippen molar-refractivity contribution in [1.82, 2.24) is 4.98 Å². The second-order valence-corrected chi connectivity index (χ2v) is 7.63. The second kappa shape index (κ2) is 10.8. The first-order valence-electron chi connectivity index (χ1n) is 11.0. The molecule has 3 aromatic rings. The van der Waals surface area contributed by atoms with Crippen LogP contribution in [0.25, 0.3) is 23.1 Å². The summed E-state index contributed by atoms with van der Waals surface area (Å²) >= 11 is 0. The molecule has 0 amide bonds. The van der Waals surface area contributed by atoms with Gasteiger partial charge in [-0.05, 0) is 54.5 Å². The molecule has 0 saturated heterocycles. The fraction of sp³-hybridized carbons (Fsp3) is 0.370. The van der Waals surface area contributed by atoms with Crippen LogP contribution in [0.1, 0.15) is 74.8 Å². The van der Waals surface area contributed by atoms with Crippen LogP contribution in [0.4, 0.5) is 0 Å². The first-order valence-corrected chi connectivity index (χ1v) is 11.0. The maximum atomic E-state index is 5.07. The summed E-state index contributed by atoms with van der Waals surface area (Å²) in [6.07, 6.45) is 14.3. The molecule has 1 heterocycles. The Morgan fingerprint density at radius 3 is 2.04 bits per heavy atom. The summed E-state index contributed by atoms with van der Waals surface area (Å²) in [6, 6.07) is 19.2. The molecule has 0 aliphatic carbocycles. The zero-order valence-electron chi connectivity index (χ0n) is 17.5. The Bertz CT molecular complexity index is 893. The molecule has 0 radical (unpaired) electrons. The van der Waals surface area contributed by atoms with Crippen LogP contribution in [0, 0.1) is 0 Å². The molecule has 1 nitrogen and oxygen atoms in total. The van der Waals surface area contributed by atoms with Gasteiger partial charge in [-0.3, -0.25) is 0 Å². The zero-order chi connectivity index (χ0) is 19.6. The SMILES string of the molecule is CCCCCc1c(C=Cc2ccccc2)nc2ccccc2c1CCCCC. The number of pyridine rings is 1. The van der Waals surface area contributed by atoms with Gasteiger partial charge in [-0.15, -0.1) is 0 Å². The highest BCUT2D eigenvalue weighted by Gasteiger charge is 2.13. The summed E-state index contributed by atoms with van der Waals surface area (Å²) in [5, 5.41) is 1.35. The highest BCUT2D eigenvalue weighted by molar-refractivity contribution is 5.86. The van der Waals surface area contributed by atoms with Crippen LogP contribution in [-0.2, 0) is 12.8 Å². The van der Waals surface area contributed by atoms with E-state index >= 15 is 0 Å². The Morgan fingerprint density at radius 1 is 0.679 bits per heavy atom. The molecule has 0 bridgehead atoms. The van der Waals surface area contributed by atoms with E-state index in [0.29, 0.717) is 0 Å². The van der Waals surface area contributed by atoms with E-state index in [4.69, 9.17) is 4.98 Å². The average Bonchev–Trinajstić information content (AvgIpc) is 2.74. The molecule has 0 saturated carbocycles. The predicted molar refractivity (Wildman–Crippen MR) is 124 cm³/mol. The molecule has 0 N–H and O–H groups in total. The van der Waals surface area contributed by atoms with Crippen LogP contribution >= 0.6 is 0 Å². The first kappa shape index (κ1) is 20.3. The number of unbranched alkanes of at least 4 members (excludes halogenated alkanes) is 4.